The molecule has 0 aromatic heterocycles. The highest BCUT2D eigenvalue weighted by atomic mass is 32.2. The quantitative estimate of drug-likeness (QED) is 0.382. The maximum absolute atomic E-state index is 13.7. The molecule has 13 heteroatoms. The van der Waals surface area contributed by atoms with Crippen LogP contribution in [-0.2, 0) is 29.6 Å². The molecule has 1 fully saturated rings. The van der Waals surface area contributed by atoms with Crippen molar-refractivity contribution in [1.82, 2.24) is 4.31 Å². The third-order valence-corrected chi connectivity index (χ3v) is 10.0. The molecule has 11 nitrogen and oxygen atoms in total. The lowest BCUT2D eigenvalue weighted by Crippen LogP contribution is -2.40. The number of morpholine rings is 1. The molecule has 1 N–H and O–H groups in total. The van der Waals surface area contributed by atoms with E-state index in [0.29, 0.717) is 11.3 Å². The highest BCUT2D eigenvalue weighted by Crippen LogP contribution is 2.31. The third kappa shape index (κ3) is 6.22. The number of carbonyl (C=O) groups is 1. The topological polar surface area (TPSA) is 132 Å². The zero-order chi connectivity index (χ0) is 28.9. The maximum Gasteiger partial charge on any atom is 0.264 e. The molecular weight excluding hydrogens is 558 g/mol. The van der Waals surface area contributed by atoms with Gasteiger partial charge < -0.3 is 19.5 Å². The zero-order valence-corrected chi connectivity index (χ0v) is 24.0. The minimum absolute atomic E-state index is 0.0152. The summed E-state index contributed by atoms with van der Waals surface area (Å²) in [4.78, 5) is 13.3. The van der Waals surface area contributed by atoms with Crippen molar-refractivity contribution >= 4 is 37.3 Å². The van der Waals surface area contributed by atoms with Gasteiger partial charge in [0, 0.05) is 13.1 Å². The first-order chi connectivity index (χ1) is 19.1. The van der Waals surface area contributed by atoms with E-state index in [1.807, 2.05) is 0 Å². The first-order valence-corrected chi connectivity index (χ1v) is 15.2. The van der Waals surface area contributed by atoms with Crippen LogP contribution in [0.4, 0.5) is 11.4 Å². The number of benzene rings is 3. The normalized spacial score (nSPS) is 14.4. The molecule has 3 aromatic rings. The van der Waals surface area contributed by atoms with Gasteiger partial charge in [-0.15, -0.1) is 0 Å². The fourth-order valence-electron chi connectivity index (χ4n) is 4.25. The predicted octanol–water partition coefficient (Wildman–Crippen LogP) is 2.87. The molecule has 4 rings (SSSR count). The van der Waals surface area contributed by atoms with Crippen molar-refractivity contribution in [1.29, 1.82) is 0 Å². The maximum atomic E-state index is 13.7. The number of amides is 1. The van der Waals surface area contributed by atoms with Crippen LogP contribution >= 0.6 is 0 Å². The minimum Gasteiger partial charge on any atom is -0.496 e. The summed E-state index contributed by atoms with van der Waals surface area (Å²) in [5.41, 5.74) is 0.985. The largest absolute Gasteiger partial charge is 0.496 e. The predicted molar refractivity (Wildman–Crippen MR) is 150 cm³/mol. The van der Waals surface area contributed by atoms with Gasteiger partial charge in [-0.2, -0.15) is 4.31 Å². The number of para-hydroxylation sites is 1. The van der Waals surface area contributed by atoms with Crippen LogP contribution < -0.4 is 19.1 Å². The first kappa shape index (κ1) is 29.3. The molecule has 0 saturated carbocycles. The second-order valence-electron chi connectivity index (χ2n) is 8.91. The van der Waals surface area contributed by atoms with E-state index in [0.717, 1.165) is 4.31 Å². The molecule has 0 aliphatic carbocycles. The van der Waals surface area contributed by atoms with Crippen molar-refractivity contribution in [2.45, 2.75) is 16.7 Å². The number of sulfonamides is 2. The van der Waals surface area contributed by atoms with Gasteiger partial charge in [0.2, 0.25) is 15.9 Å². The summed E-state index contributed by atoms with van der Waals surface area (Å²) >= 11 is 0. The molecule has 1 saturated heterocycles. The molecule has 1 aliphatic rings. The van der Waals surface area contributed by atoms with Crippen molar-refractivity contribution in [3.63, 3.8) is 0 Å². The lowest BCUT2D eigenvalue weighted by Gasteiger charge is -2.26. The van der Waals surface area contributed by atoms with Gasteiger partial charge in [-0.1, -0.05) is 18.2 Å². The second kappa shape index (κ2) is 12.3. The molecule has 40 heavy (non-hydrogen) atoms. The molecule has 3 aromatic carbocycles. The number of hydrogen-bond acceptors (Lipinski definition) is 8. The van der Waals surface area contributed by atoms with Gasteiger partial charge in [0.15, 0.2) is 0 Å². The summed E-state index contributed by atoms with van der Waals surface area (Å²) in [7, 11) is -5.15. The molecule has 0 atom stereocenters. The lowest BCUT2D eigenvalue weighted by molar-refractivity contribution is -0.114. The van der Waals surface area contributed by atoms with Crippen LogP contribution in [0, 0.1) is 6.92 Å². The molecule has 0 radical (unpaired) electrons. The Kier molecular flexibility index (Phi) is 8.98. The minimum atomic E-state index is -4.18. The van der Waals surface area contributed by atoms with Gasteiger partial charge in [-0.25, -0.2) is 16.8 Å². The number of methoxy groups -OCH3 is 2. The van der Waals surface area contributed by atoms with Gasteiger partial charge in [0.1, 0.15) is 18.0 Å². The fraction of sp³-hybridized carbons (Fsp3) is 0.296. The number of rotatable bonds is 10. The van der Waals surface area contributed by atoms with E-state index in [-0.39, 0.29) is 53.2 Å². The summed E-state index contributed by atoms with van der Waals surface area (Å²) in [6.07, 6.45) is 0. The summed E-state index contributed by atoms with van der Waals surface area (Å²) in [6.45, 7) is 2.14. The molecular formula is C27H31N3O8S2. The Balaban J connectivity index is 1.65. The van der Waals surface area contributed by atoms with Gasteiger partial charge in [-0.05, 0) is 61.0 Å². The number of nitrogens with one attached hydrogen (secondary N) is 1. The van der Waals surface area contributed by atoms with Crippen LogP contribution in [0.5, 0.6) is 11.5 Å². The van der Waals surface area contributed by atoms with E-state index in [1.54, 1.807) is 43.3 Å². The van der Waals surface area contributed by atoms with Gasteiger partial charge in [-0.3, -0.25) is 9.10 Å². The van der Waals surface area contributed by atoms with Crippen molar-refractivity contribution in [3.05, 3.63) is 72.3 Å². The standard InChI is InChI=1S/C27H31N3O8S2/c1-20-17-22(9-11-25(20)36-2)40(34,35)30(21-7-5-4-6-8-21)19-27(31)28-24-18-23(10-12-26(24)37-3)39(32,33)29-13-15-38-16-14-29/h4-12,17-18H,13-16,19H2,1-3H3,(H,28,31). The number of carbonyl (C=O) groups excluding carboxylic acids is 1. The smallest absolute Gasteiger partial charge is 0.264 e. The van der Waals surface area contributed by atoms with Gasteiger partial charge in [0.25, 0.3) is 10.0 Å². The Morgan fingerprint density at radius 2 is 1.52 bits per heavy atom. The van der Waals surface area contributed by atoms with E-state index in [4.69, 9.17) is 14.2 Å². The number of ether oxygens (including phenoxy) is 3. The molecule has 1 heterocycles. The van der Waals surface area contributed by atoms with Crippen molar-refractivity contribution < 1.29 is 35.8 Å². The van der Waals surface area contributed by atoms with Gasteiger partial charge in [0.05, 0.1) is 48.6 Å². The van der Waals surface area contributed by atoms with E-state index >= 15 is 0 Å². The SMILES string of the molecule is COc1ccc(S(=O)(=O)N(CC(=O)Nc2cc(S(=O)(=O)N3CCOCC3)ccc2OC)c2ccccc2)cc1C. The Labute approximate surface area is 234 Å². The molecule has 1 amide bonds. The molecule has 0 unspecified atom stereocenters. The monoisotopic (exact) mass is 589 g/mol. The van der Waals surface area contributed by atoms with E-state index in [2.05, 4.69) is 5.32 Å². The zero-order valence-electron chi connectivity index (χ0n) is 22.4. The highest BCUT2D eigenvalue weighted by molar-refractivity contribution is 7.92. The third-order valence-electron chi connectivity index (χ3n) is 6.34. The lowest BCUT2D eigenvalue weighted by atomic mass is 10.2. The first-order valence-electron chi connectivity index (χ1n) is 12.4. The van der Waals surface area contributed by atoms with Crippen LogP contribution in [0.2, 0.25) is 0 Å². The van der Waals surface area contributed by atoms with E-state index in [1.165, 1.54) is 48.9 Å². The van der Waals surface area contributed by atoms with Crippen LogP contribution in [0.1, 0.15) is 5.56 Å². The Bertz CT molecular complexity index is 1570. The van der Waals surface area contributed by atoms with Crippen LogP contribution in [-0.4, -0.2) is 74.1 Å². The highest BCUT2D eigenvalue weighted by Gasteiger charge is 2.30. The van der Waals surface area contributed by atoms with E-state index < -0.39 is 32.5 Å². The second-order valence-corrected chi connectivity index (χ2v) is 12.7. The Morgan fingerprint density at radius 3 is 2.15 bits per heavy atom. The molecule has 0 bridgehead atoms. The molecule has 1 aliphatic heterocycles. The van der Waals surface area contributed by atoms with Crippen molar-refractivity contribution in [3.8, 4) is 11.5 Å². The average Bonchev–Trinajstić information content (AvgIpc) is 2.96. The number of hydrogen-bond donors (Lipinski definition) is 1. The molecule has 214 valence electrons. The summed E-state index contributed by atoms with van der Waals surface area (Å²) in [6, 6.07) is 16.8. The number of nitrogens with zero attached hydrogens (tertiary/aromatic N) is 2. The Hall–Kier alpha value is -3.65. The number of anilines is 2. The summed E-state index contributed by atoms with van der Waals surface area (Å²) < 4.78 is 72.0. The summed E-state index contributed by atoms with van der Waals surface area (Å²) in [5, 5.41) is 2.63. The molecule has 0 spiro atoms. The van der Waals surface area contributed by atoms with Crippen LogP contribution in [0.3, 0.4) is 0 Å². The fourth-order valence-corrected chi connectivity index (χ4v) is 7.19. The van der Waals surface area contributed by atoms with Gasteiger partial charge >= 0.3 is 0 Å². The van der Waals surface area contributed by atoms with E-state index in [9.17, 15) is 21.6 Å². The van der Waals surface area contributed by atoms with Crippen molar-refractivity contribution in [2.24, 2.45) is 0 Å². The Morgan fingerprint density at radius 1 is 0.900 bits per heavy atom. The summed E-state index contributed by atoms with van der Waals surface area (Å²) in [5.74, 6) is 0.0491. The van der Waals surface area contributed by atoms with Crippen LogP contribution in [0.15, 0.2) is 76.5 Å². The van der Waals surface area contributed by atoms with Crippen molar-refractivity contribution in [2.75, 3.05) is 56.7 Å². The number of aryl methyl sites for hydroxylation is 1. The average molecular weight is 590 g/mol. The van der Waals surface area contributed by atoms with Crippen LogP contribution in [0.25, 0.3) is 0 Å².